The van der Waals surface area contributed by atoms with Gasteiger partial charge in [0.15, 0.2) is 0 Å². The van der Waals surface area contributed by atoms with Gasteiger partial charge in [-0.1, -0.05) is 11.8 Å². The zero-order valence-corrected chi connectivity index (χ0v) is 8.86. The minimum atomic E-state index is 0.0609. The van der Waals surface area contributed by atoms with Crippen LogP contribution in [0, 0.1) is 0 Å². The SMILES string of the molecule is CN(C)C1=CC(=O)SC(C)(C)C1. The largest absolute Gasteiger partial charge is 0.381 e. The Morgan fingerprint density at radius 2 is 2.08 bits per heavy atom. The average molecular weight is 185 g/mol. The van der Waals surface area contributed by atoms with Crippen molar-refractivity contribution in [3.63, 3.8) is 0 Å². The first-order valence-corrected chi connectivity index (χ1v) is 4.83. The average Bonchev–Trinajstić information content (AvgIpc) is 1.82. The van der Waals surface area contributed by atoms with Gasteiger partial charge in [0.05, 0.1) is 0 Å². The van der Waals surface area contributed by atoms with Crippen LogP contribution in [-0.4, -0.2) is 28.9 Å². The number of hydrogen-bond donors (Lipinski definition) is 0. The highest BCUT2D eigenvalue weighted by Crippen LogP contribution is 2.36. The summed E-state index contributed by atoms with van der Waals surface area (Å²) in [5.74, 6) is 0. The molecule has 3 heteroatoms. The molecule has 1 rings (SSSR count). The molecular formula is C9H15NOS. The zero-order valence-electron chi connectivity index (χ0n) is 8.05. The van der Waals surface area contributed by atoms with E-state index >= 15 is 0 Å². The molecule has 1 aliphatic rings. The molecule has 0 aromatic heterocycles. The predicted molar refractivity (Wildman–Crippen MR) is 53.1 cm³/mol. The molecule has 0 spiro atoms. The lowest BCUT2D eigenvalue weighted by Gasteiger charge is -2.31. The van der Waals surface area contributed by atoms with Crippen LogP contribution in [0.15, 0.2) is 11.8 Å². The zero-order chi connectivity index (χ0) is 9.35. The van der Waals surface area contributed by atoms with Crippen molar-refractivity contribution in [2.24, 2.45) is 0 Å². The first kappa shape index (κ1) is 9.65. The number of allylic oxidation sites excluding steroid dienone is 1. The maximum absolute atomic E-state index is 11.3. The Morgan fingerprint density at radius 3 is 2.50 bits per heavy atom. The third kappa shape index (κ3) is 2.27. The van der Waals surface area contributed by atoms with Crippen molar-refractivity contribution in [3.05, 3.63) is 11.8 Å². The number of rotatable bonds is 1. The Hall–Kier alpha value is -0.440. The molecule has 68 valence electrons. The monoisotopic (exact) mass is 185 g/mol. The molecule has 0 saturated carbocycles. The van der Waals surface area contributed by atoms with E-state index in [4.69, 9.17) is 0 Å². The van der Waals surface area contributed by atoms with Crippen molar-refractivity contribution in [3.8, 4) is 0 Å². The normalized spacial score (nSPS) is 22.0. The smallest absolute Gasteiger partial charge is 0.214 e. The van der Waals surface area contributed by atoms with E-state index in [1.807, 2.05) is 19.0 Å². The number of thioether (sulfide) groups is 1. The molecule has 0 bridgehead atoms. The van der Waals surface area contributed by atoms with Gasteiger partial charge < -0.3 is 4.90 Å². The van der Waals surface area contributed by atoms with Crippen LogP contribution in [0.1, 0.15) is 20.3 Å². The lowest BCUT2D eigenvalue weighted by molar-refractivity contribution is -0.107. The second-order valence-electron chi connectivity index (χ2n) is 3.89. The Balaban J connectivity index is 2.84. The van der Waals surface area contributed by atoms with E-state index in [-0.39, 0.29) is 9.86 Å². The summed E-state index contributed by atoms with van der Waals surface area (Å²) in [6.45, 7) is 4.21. The van der Waals surface area contributed by atoms with Crippen molar-refractivity contribution in [1.82, 2.24) is 4.90 Å². The first-order valence-electron chi connectivity index (χ1n) is 4.01. The highest BCUT2D eigenvalue weighted by Gasteiger charge is 2.28. The minimum absolute atomic E-state index is 0.0609. The summed E-state index contributed by atoms with van der Waals surface area (Å²) in [5, 5.41) is 0.176. The Morgan fingerprint density at radius 1 is 1.50 bits per heavy atom. The Bertz CT molecular complexity index is 231. The molecule has 0 amide bonds. The summed E-state index contributed by atoms with van der Waals surface area (Å²) in [6, 6.07) is 0. The van der Waals surface area contributed by atoms with E-state index in [1.54, 1.807) is 6.08 Å². The number of carbonyl (C=O) groups is 1. The number of hydrogen-bond acceptors (Lipinski definition) is 3. The summed E-state index contributed by atoms with van der Waals surface area (Å²) >= 11 is 1.42. The molecule has 0 unspecified atom stereocenters. The van der Waals surface area contributed by atoms with Crippen molar-refractivity contribution in [2.45, 2.75) is 25.0 Å². The highest BCUT2D eigenvalue weighted by atomic mass is 32.2. The van der Waals surface area contributed by atoms with E-state index in [0.717, 1.165) is 12.1 Å². The standard InChI is InChI=1S/C9H15NOS/c1-9(2)6-7(10(3)4)5-8(11)12-9/h5H,6H2,1-4H3. The van der Waals surface area contributed by atoms with Gasteiger partial charge in [-0.15, -0.1) is 0 Å². The van der Waals surface area contributed by atoms with Crippen molar-refractivity contribution < 1.29 is 4.79 Å². The van der Waals surface area contributed by atoms with Gasteiger partial charge in [-0.25, -0.2) is 0 Å². The minimum Gasteiger partial charge on any atom is -0.381 e. The molecule has 1 aliphatic heterocycles. The van der Waals surface area contributed by atoms with Crippen molar-refractivity contribution in [1.29, 1.82) is 0 Å². The van der Waals surface area contributed by atoms with Gasteiger partial charge in [0.2, 0.25) is 5.12 Å². The van der Waals surface area contributed by atoms with Crippen LogP contribution < -0.4 is 0 Å². The molecule has 2 nitrogen and oxygen atoms in total. The quantitative estimate of drug-likeness (QED) is 0.622. The molecule has 1 heterocycles. The van der Waals surface area contributed by atoms with Gasteiger partial charge in [0, 0.05) is 37.0 Å². The number of carbonyl (C=O) groups excluding carboxylic acids is 1. The maximum atomic E-state index is 11.3. The fourth-order valence-electron chi connectivity index (χ4n) is 1.25. The maximum Gasteiger partial charge on any atom is 0.214 e. The molecule has 0 aromatic rings. The summed E-state index contributed by atoms with van der Waals surface area (Å²) in [4.78, 5) is 13.3. The highest BCUT2D eigenvalue weighted by molar-refractivity contribution is 8.15. The van der Waals surface area contributed by atoms with Crippen molar-refractivity contribution in [2.75, 3.05) is 14.1 Å². The van der Waals surface area contributed by atoms with E-state index in [9.17, 15) is 4.79 Å². The summed E-state index contributed by atoms with van der Waals surface area (Å²) in [7, 11) is 3.95. The molecule has 0 saturated heterocycles. The summed E-state index contributed by atoms with van der Waals surface area (Å²) in [5.41, 5.74) is 1.13. The molecule has 0 aliphatic carbocycles. The predicted octanol–water partition coefficient (Wildman–Crippen LogP) is 1.87. The molecule has 0 N–H and O–H groups in total. The van der Waals surface area contributed by atoms with E-state index in [0.29, 0.717) is 0 Å². The van der Waals surface area contributed by atoms with Gasteiger partial charge in [0.1, 0.15) is 0 Å². The second-order valence-corrected chi connectivity index (χ2v) is 5.60. The van der Waals surface area contributed by atoms with E-state index < -0.39 is 0 Å². The topological polar surface area (TPSA) is 20.3 Å². The van der Waals surface area contributed by atoms with Crippen LogP contribution in [0.3, 0.4) is 0 Å². The van der Waals surface area contributed by atoms with Crippen molar-refractivity contribution >= 4 is 16.9 Å². The fourth-order valence-corrected chi connectivity index (χ4v) is 2.21. The van der Waals surface area contributed by atoms with E-state index in [2.05, 4.69) is 13.8 Å². The molecular weight excluding hydrogens is 170 g/mol. The van der Waals surface area contributed by atoms with Crippen LogP contribution in [-0.2, 0) is 4.79 Å². The van der Waals surface area contributed by atoms with E-state index in [1.165, 1.54) is 11.8 Å². The third-order valence-electron chi connectivity index (χ3n) is 1.84. The fraction of sp³-hybridized carbons (Fsp3) is 0.667. The van der Waals surface area contributed by atoms with Crippen LogP contribution in [0.25, 0.3) is 0 Å². The number of nitrogens with zero attached hydrogens (tertiary/aromatic N) is 1. The molecule has 0 atom stereocenters. The van der Waals surface area contributed by atoms with Crippen LogP contribution >= 0.6 is 11.8 Å². The second kappa shape index (κ2) is 3.13. The van der Waals surface area contributed by atoms with Crippen LogP contribution in [0.4, 0.5) is 0 Å². The summed E-state index contributed by atoms with van der Waals surface area (Å²) < 4.78 is 0.0609. The Kier molecular flexibility index (Phi) is 2.52. The van der Waals surface area contributed by atoms with Gasteiger partial charge in [-0.05, 0) is 13.8 Å². The van der Waals surface area contributed by atoms with Gasteiger partial charge in [-0.3, -0.25) is 4.79 Å². The van der Waals surface area contributed by atoms with Gasteiger partial charge in [0.25, 0.3) is 0 Å². The first-order chi connectivity index (χ1) is 5.41. The lowest BCUT2D eigenvalue weighted by Crippen LogP contribution is -2.27. The molecule has 0 fully saturated rings. The van der Waals surface area contributed by atoms with Crippen LogP contribution in [0.5, 0.6) is 0 Å². The lowest BCUT2D eigenvalue weighted by atomic mass is 10.1. The molecule has 0 aromatic carbocycles. The van der Waals surface area contributed by atoms with Gasteiger partial charge >= 0.3 is 0 Å². The van der Waals surface area contributed by atoms with Gasteiger partial charge in [-0.2, -0.15) is 0 Å². The Labute approximate surface area is 78.0 Å². The third-order valence-corrected chi connectivity index (χ3v) is 2.86. The van der Waals surface area contributed by atoms with Crippen LogP contribution in [0.2, 0.25) is 0 Å². The summed E-state index contributed by atoms with van der Waals surface area (Å²) in [6.07, 6.45) is 2.70. The molecule has 12 heavy (non-hydrogen) atoms. The molecule has 0 radical (unpaired) electrons.